The maximum Gasteiger partial charge on any atom is 0.223 e. The van der Waals surface area contributed by atoms with Crippen LogP contribution >= 0.6 is 11.3 Å². The average molecular weight is 355 g/mol. The van der Waals surface area contributed by atoms with Crippen LogP contribution in [0.2, 0.25) is 0 Å². The highest BCUT2D eigenvalue weighted by atomic mass is 32.1. The van der Waals surface area contributed by atoms with Crippen molar-refractivity contribution >= 4 is 28.0 Å². The van der Waals surface area contributed by atoms with E-state index in [1.807, 2.05) is 24.7 Å². The van der Waals surface area contributed by atoms with Gasteiger partial charge in [-0.3, -0.25) is 9.69 Å². The lowest BCUT2D eigenvalue weighted by Gasteiger charge is -2.32. The molecule has 3 aromatic heterocycles. The molecule has 0 radical (unpaired) electrons. The minimum atomic E-state index is -0.0765. The Morgan fingerprint density at radius 3 is 3.20 bits per heavy atom. The van der Waals surface area contributed by atoms with Gasteiger partial charge < -0.3 is 9.72 Å². The fraction of sp³-hybridized carbons (Fsp3) is 0.389. The number of carbonyl (C=O) groups is 1. The number of amides is 1. The van der Waals surface area contributed by atoms with Crippen molar-refractivity contribution in [1.29, 1.82) is 0 Å². The molecule has 1 atom stereocenters. The number of nitrogens with zero attached hydrogens (tertiary/aromatic N) is 4. The second-order valence-electron chi connectivity index (χ2n) is 6.49. The van der Waals surface area contributed by atoms with Crippen LogP contribution in [-0.4, -0.2) is 38.3 Å². The molecule has 7 heteroatoms. The van der Waals surface area contributed by atoms with Crippen molar-refractivity contribution in [3.05, 3.63) is 47.4 Å². The molecule has 1 saturated heterocycles. The van der Waals surface area contributed by atoms with Crippen LogP contribution in [0.5, 0.6) is 0 Å². The molecule has 0 spiro atoms. The summed E-state index contributed by atoms with van der Waals surface area (Å²) in [5.74, 6) is 0.432. The third-order valence-corrected chi connectivity index (χ3v) is 5.50. The zero-order valence-electron chi connectivity index (χ0n) is 14.2. The standard InChI is InChI=1S/C18H21N5OS/c1-13(24)21-18-20-10-15(25-18)12-22-8-3-4-14(11-22)16-5-2-6-17-19-7-9-23(16)17/h2,5-7,9-10,14H,3-4,8,11-12H2,1H3,(H,20,21,24). The summed E-state index contributed by atoms with van der Waals surface area (Å²) in [6.45, 7) is 4.52. The summed E-state index contributed by atoms with van der Waals surface area (Å²) in [6.07, 6.45) is 8.17. The summed E-state index contributed by atoms with van der Waals surface area (Å²) >= 11 is 1.56. The van der Waals surface area contributed by atoms with Gasteiger partial charge in [0.05, 0.1) is 0 Å². The minimum absolute atomic E-state index is 0.0765. The Kier molecular flexibility index (Phi) is 4.50. The number of rotatable bonds is 4. The number of imidazole rings is 1. The summed E-state index contributed by atoms with van der Waals surface area (Å²) in [6, 6.07) is 6.36. The topological polar surface area (TPSA) is 62.5 Å². The fourth-order valence-corrected chi connectivity index (χ4v) is 4.45. The Morgan fingerprint density at radius 2 is 2.32 bits per heavy atom. The van der Waals surface area contributed by atoms with Crippen LogP contribution in [0, 0.1) is 0 Å². The van der Waals surface area contributed by atoms with Gasteiger partial charge >= 0.3 is 0 Å². The molecule has 130 valence electrons. The van der Waals surface area contributed by atoms with Gasteiger partial charge in [-0.05, 0) is 31.5 Å². The van der Waals surface area contributed by atoms with E-state index < -0.39 is 0 Å². The molecule has 6 nitrogen and oxygen atoms in total. The third-order valence-electron chi connectivity index (χ3n) is 4.60. The SMILES string of the molecule is CC(=O)Nc1ncc(CN2CCCC(c3cccc4nccn34)C2)s1. The number of likely N-dealkylation sites (tertiary alicyclic amines) is 1. The second kappa shape index (κ2) is 6.93. The van der Waals surface area contributed by atoms with Crippen LogP contribution in [0.25, 0.3) is 5.65 Å². The number of carbonyl (C=O) groups excluding carboxylic acids is 1. The highest BCUT2D eigenvalue weighted by Crippen LogP contribution is 2.29. The van der Waals surface area contributed by atoms with Crippen LogP contribution in [0.1, 0.15) is 36.3 Å². The number of aromatic nitrogens is 3. The number of fused-ring (bicyclic) bond motifs is 1. The third kappa shape index (κ3) is 3.57. The van der Waals surface area contributed by atoms with Gasteiger partial charge in [-0.15, -0.1) is 11.3 Å². The Morgan fingerprint density at radius 1 is 1.40 bits per heavy atom. The van der Waals surface area contributed by atoms with Crippen molar-refractivity contribution in [2.75, 3.05) is 18.4 Å². The molecule has 0 bridgehead atoms. The largest absolute Gasteiger partial charge is 0.304 e. The van der Waals surface area contributed by atoms with E-state index in [-0.39, 0.29) is 5.91 Å². The predicted molar refractivity (Wildman–Crippen MR) is 98.9 cm³/mol. The van der Waals surface area contributed by atoms with Gasteiger partial charge in [0.1, 0.15) is 5.65 Å². The van der Waals surface area contributed by atoms with Crippen molar-refractivity contribution < 1.29 is 4.79 Å². The Hall–Kier alpha value is -2.25. The molecule has 1 N–H and O–H groups in total. The second-order valence-corrected chi connectivity index (χ2v) is 7.61. The number of anilines is 1. The molecule has 3 aromatic rings. The average Bonchev–Trinajstić information content (AvgIpc) is 3.23. The molecule has 1 aliphatic heterocycles. The number of piperidine rings is 1. The molecule has 0 saturated carbocycles. The smallest absolute Gasteiger partial charge is 0.223 e. The van der Waals surface area contributed by atoms with Gasteiger partial charge in [-0.25, -0.2) is 9.97 Å². The highest BCUT2D eigenvalue weighted by molar-refractivity contribution is 7.15. The summed E-state index contributed by atoms with van der Waals surface area (Å²) in [7, 11) is 0. The van der Waals surface area contributed by atoms with E-state index in [4.69, 9.17) is 0 Å². The summed E-state index contributed by atoms with van der Waals surface area (Å²) < 4.78 is 2.20. The first-order chi connectivity index (χ1) is 12.2. The fourth-order valence-electron chi connectivity index (χ4n) is 3.55. The monoisotopic (exact) mass is 355 g/mol. The van der Waals surface area contributed by atoms with E-state index in [0.29, 0.717) is 11.0 Å². The van der Waals surface area contributed by atoms with Gasteiger partial charge in [0.25, 0.3) is 0 Å². The van der Waals surface area contributed by atoms with E-state index in [9.17, 15) is 4.79 Å². The summed E-state index contributed by atoms with van der Waals surface area (Å²) in [5, 5.41) is 3.43. The molecule has 25 heavy (non-hydrogen) atoms. The van der Waals surface area contributed by atoms with E-state index in [1.54, 1.807) is 11.3 Å². The molecule has 4 heterocycles. The van der Waals surface area contributed by atoms with Crippen molar-refractivity contribution in [1.82, 2.24) is 19.3 Å². The summed E-state index contributed by atoms with van der Waals surface area (Å²) in [5.41, 5.74) is 2.35. The molecule has 0 aromatic carbocycles. The maximum atomic E-state index is 11.1. The maximum absolute atomic E-state index is 11.1. The zero-order valence-corrected chi connectivity index (χ0v) is 15.0. The normalized spacial score (nSPS) is 18.5. The predicted octanol–water partition coefficient (Wildman–Crippen LogP) is 3.13. The molecule has 1 unspecified atom stereocenters. The van der Waals surface area contributed by atoms with Gasteiger partial charge in [0.15, 0.2) is 5.13 Å². The Balaban J connectivity index is 1.47. The molecule has 4 rings (SSSR count). The van der Waals surface area contributed by atoms with E-state index >= 15 is 0 Å². The van der Waals surface area contributed by atoms with E-state index in [2.05, 4.69) is 36.7 Å². The number of hydrogen-bond donors (Lipinski definition) is 1. The Labute approximate surface area is 150 Å². The van der Waals surface area contributed by atoms with Crippen LogP contribution in [0.3, 0.4) is 0 Å². The quantitative estimate of drug-likeness (QED) is 0.781. The van der Waals surface area contributed by atoms with Crippen molar-refractivity contribution in [2.45, 2.75) is 32.2 Å². The first-order valence-corrected chi connectivity index (χ1v) is 9.37. The summed E-state index contributed by atoms with van der Waals surface area (Å²) in [4.78, 5) is 23.5. The first-order valence-electron chi connectivity index (χ1n) is 8.55. The number of pyridine rings is 1. The molecular formula is C18H21N5OS. The molecular weight excluding hydrogens is 334 g/mol. The number of thiazole rings is 1. The lowest BCUT2D eigenvalue weighted by atomic mass is 9.94. The Bertz CT molecular complexity index is 886. The van der Waals surface area contributed by atoms with Gasteiger partial charge in [-0.2, -0.15) is 0 Å². The van der Waals surface area contributed by atoms with Crippen molar-refractivity contribution in [3.8, 4) is 0 Å². The van der Waals surface area contributed by atoms with E-state index in [1.165, 1.54) is 30.3 Å². The highest BCUT2D eigenvalue weighted by Gasteiger charge is 2.23. The van der Waals surface area contributed by atoms with Gasteiger partial charge in [-0.1, -0.05) is 6.07 Å². The van der Waals surface area contributed by atoms with Crippen molar-refractivity contribution in [2.24, 2.45) is 0 Å². The lowest BCUT2D eigenvalue weighted by molar-refractivity contribution is -0.114. The first kappa shape index (κ1) is 16.2. The van der Waals surface area contributed by atoms with E-state index in [0.717, 1.165) is 25.3 Å². The van der Waals surface area contributed by atoms with Crippen LogP contribution in [-0.2, 0) is 11.3 Å². The van der Waals surface area contributed by atoms with Crippen LogP contribution in [0.15, 0.2) is 36.8 Å². The molecule has 1 fully saturated rings. The van der Waals surface area contributed by atoms with Crippen LogP contribution < -0.4 is 5.32 Å². The van der Waals surface area contributed by atoms with Gasteiger partial charge in [0, 0.05) is 55.1 Å². The van der Waals surface area contributed by atoms with Crippen LogP contribution in [0.4, 0.5) is 5.13 Å². The zero-order chi connectivity index (χ0) is 17.2. The number of hydrogen-bond acceptors (Lipinski definition) is 5. The molecule has 0 aliphatic carbocycles. The molecule has 1 amide bonds. The number of nitrogens with one attached hydrogen (secondary N) is 1. The van der Waals surface area contributed by atoms with Gasteiger partial charge in [0.2, 0.25) is 5.91 Å². The lowest BCUT2D eigenvalue weighted by Crippen LogP contribution is -2.34. The minimum Gasteiger partial charge on any atom is -0.304 e. The molecule has 1 aliphatic rings. The van der Waals surface area contributed by atoms with Crippen molar-refractivity contribution in [3.63, 3.8) is 0 Å².